The summed E-state index contributed by atoms with van der Waals surface area (Å²) in [6.45, 7) is 0. The van der Waals surface area contributed by atoms with Gasteiger partial charge in [0.25, 0.3) is 0 Å². The molecule has 0 aliphatic heterocycles. The SMILES string of the molecule is COC(C(=O)c1ccc(I)cc1)N(C)C. The molecule has 0 aliphatic rings. The molecule has 1 rings (SSSR count). The fourth-order valence-electron chi connectivity index (χ4n) is 1.31. The fraction of sp³-hybridized carbons (Fsp3) is 0.364. The monoisotopic (exact) mass is 319 g/mol. The van der Waals surface area contributed by atoms with Gasteiger partial charge in [-0.2, -0.15) is 0 Å². The molecule has 0 radical (unpaired) electrons. The predicted molar refractivity (Wildman–Crippen MR) is 68.0 cm³/mol. The molecule has 3 nitrogen and oxygen atoms in total. The van der Waals surface area contributed by atoms with E-state index < -0.39 is 6.23 Å². The van der Waals surface area contributed by atoms with Gasteiger partial charge in [-0.05, 0) is 48.8 Å². The largest absolute Gasteiger partial charge is 0.359 e. The third kappa shape index (κ3) is 3.25. The number of hydrogen-bond acceptors (Lipinski definition) is 3. The van der Waals surface area contributed by atoms with E-state index in [2.05, 4.69) is 22.6 Å². The second-order valence-corrected chi connectivity index (χ2v) is 4.67. The number of likely N-dealkylation sites (N-methyl/N-ethyl adjacent to an activating group) is 1. The minimum Gasteiger partial charge on any atom is -0.359 e. The lowest BCUT2D eigenvalue weighted by Gasteiger charge is -2.21. The molecule has 1 atom stereocenters. The van der Waals surface area contributed by atoms with Gasteiger partial charge in [-0.1, -0.05) is 12.1 Å². The van der Waals surface area contributed by atoms with E-state index in [1.165, 1.54) is 7.11 Å². The summed E-state index contributed by atoms with van der Waals surface area (Å²) in [6, 6.07) is 7.46. The first kappa shape index (κ1) is 12.6. The summed E-state index contributed by atoms with van der Waals surface area (Å²) in [7, 11) is 5.17. The van der Waals surface area contributed by atoms with Gasteiger partial charge < -0.3 is 4.74 Å². The van der Waals surface area contributed by atoms with Crippen molar-refractivity contribution in [2.75, 3.05) is 21.2 Å². The number of Topliss-reactive ketones (excluding diaryl/α,β-unsaturated/α-hetero) is 1. The van der Waals surface area contributed by atoms with E-state index in [-0.39, 0.29) is 5.78 Å². The first-order chi connectivity index (χ1) is 7.06. The van der Waals surface area contributed by atoms with Crippen LogP contribution in [-0.2, 0) is 4.74 Å². The van der Waals surface area contributed by atoms with E-state index >= 15 is 0 Å². The molecule has 82 valence electrons. The number of carbonyl (C=O) groups is 1. The van der Waals surface area contributed by atoms with Crippen molar-refractivity contribution in [1.29, 1.82) is 0 Å². The number of ether oxygens (including phenoxy) is 1. The summed E-state index contributed by atoms with van der Waals surface area (Å²) in [6.07, 6.45) is -0.509. The van der Waals surface area contributed by atoms with Gasteiger partial charge in [0, 0.05) is 16.2 Å². The van der Waals surface area contributed by atoms with Crippen LogP contribution in [0.15, 0.2) is 24.3 Å². The van der Waals surface area contributed by atoms with E-state index in [0.29, 0.717) is 5.56 Å². The highest BCUT2D eigenvalue weighted by molar-refractivity contribution is 14.1. The molecular formula is C11H14INO2. The van der Waals surface area contributed by atoms with Gasteiger partial charge in [-0.15, -0.1) is 0 Å². The third-order valence-electron chi connectivity index (χ3n) is 2.05. The summed E-state index contributed by atoms with van der Waals surface area (Å²) < 4.78 is 6.25. The molecule has 1 aromatic rings. The smallest absolute Gasteiger partial charge is 0.206 e. The Morgan fingerprint density at radius 1 is 1.33 bits per heavy atom. The maximum atomic E-state index is 12.0. The highest BCUT2D eigenvalue weighted by atomic mass is 127. The lowest BCUT2D eigenvalue weighted by atomic mass is 10.1. The van der Waals surface area contributed by atoms with E-state index in [1.54, 1.807) is 4.90 Å². The van der Waals surface area contributed by atoms with Crippen molar-refractivity contribution < 1.29 is 9.53 Å². The van der Waals surface area contributed by atoms with Crippen LogP contribution in [0.2, 0.25) is 0 Å². The van der Waals surface area contributed by atoms with Crippen LogP contribution in [0.25, 0.3) is 0 Å². The van der Waals surface area contributed by atoms with Gasteiger partial charge in [0.05, 0.1) is 0 Å². The number of nitrogens with zero attached hydrogens (tertiary/aromatic N) is 1. The average molecular weight is 319 g/mol. The minimum absolute atomic E-state index is 0.0149. The van der Waals surface area contributed by atoms with Crippen molar-refractivity contribution >= 4 is 28.4 Å². The highest BCUT2D eigenvalue weighted by Crippen LogP contribution is 2.11. The van der Waals surface area contributed by atoms with Crippen LogP contribution in [0.4, 0.5) is 0 Å². The van der Waals surface area contributed by atoms with Gasteiger partial charge >= 0.3 is 0 Å². The van der Waals surface area contributed by atoms with Gasteiger partial charge in [0.15, 0.2) is 6.23 Å². The number of benzene rings is 1. The van der Waals surface area contributed by atoms with Crippen LogP contribution in [-0.4, -0.2) is 38.1 Å². The molecule has 4 heteroatoms. The summed E-state index contributed by atoms with van der Waals surface area (Å²) in [5, 5.41) is 0. The Morgan fingerprint density at radius 3 is 2.27 bits per heavy atom. The molecule has 1 unspecified atom stereocenters. The van der Waals surface area contributed by atoms with Crippen molar-refractivity contribution in [2.45, 2.75) is 6.23 Å². The number of halogens is 1. The van der Waals surface area contributed by atoms with Crippen LogP contribution in [0.3, 0.4) is 0 Å². The Bertz CT molecular complexity index is 335. The summed E-state index contributed by atoms with van der Waals surface area (Å²) in [5.74, 6) is -0.0149. The van der Waals surface area contributed by atoms with Crippen molar-refractivity contribution in [3.05, 3.63) is 33.4 Å². The van der Waals surface area contributed by atoms with Gasteiger partial charge in [0.2, 0.25) is 5.78 Å². The maximum absolute atomic E-state index is 12.0. The average Bonchev–Trinajstić information content (AvgIpc) is 2.19. The van der Waals surface area contributed by atoms with E-state index in [9.17, 15) is 4.79 Å². The molecule has 0 aromatic heterocycles. The van der Waals surface area contributed by atoms with Crippen LogP contribution >= 0.6 is 22.6 Å². The number of methoxy groups -OCH3 is 1. The van der Waals surface area contributed by atoms with Crippen LogP contribution in [0.5, 0.6) is 0 Å². The normalized spacial score (nSPS) is 12.9. The molecular weight excluding hydrogens is 305 g/mol. The summed E-state index contributed by atoms with van der Waals surface area (Å²) in [5.41, 5.74) is 0.677. The van der Waals surface area contributed by atoms with E-state index in [0.717, 1.165) is 3.57 Å². The van der Waals surface area contributed by atoms with Crippen molar-refractivity contribution in [1.82, 2.24) is 4.90 Å². The predicted octanol–water partition coefficient (Wildman–Crippen LogP) is 2.01. The maximum Gasteiger partial charge on any atom is 0.206 e. The molecule has 0 bridgehead atoms. The molecule has 0 spiro atoms. The number of carbonyl (C=O) groups excluding carboxylic acids is 1. The second kappa shape index (κ2) is 5.58. The zero-order valence-corrected chi connectivity index (χ0v) is 11.2. The van der Waals surface area contributed by atoms with Crippen LogP contribution in [0, 0.1) is 3.57 Å². The topological polar surface area (TPSA) is 29.5 Å². The minimum atomic E-state index is -0.509. The van der Waals surface area contributed by atoms with Crippen molar-refractivity contribution in [3.8, 4) is 0 Å². The second-order valence-electron chi connectivity index (χ2n) is 3.42. The third-order valence-corrected chi connectivity index (χ3v) is 2.76. The zero-order chi connectivity index (χ0) is 11.4. The molecule has 0 aliphatic carbocycles. The lowest BCUT2D eigenvalue weighted by Crippen LogP contribution is -2.37. The molecule has 0 amide bonds. The fourth-order valence-corrected chi connectivity index (χ4v) is 1.67. The summed E-state index contributed by atoms with van der Waals surface area (Å²) in [4.78, 5) is 13.7. The Balaban J connectivity index is 2.88. The molecule has 0 saturated carbocycles. The number of hydrogen-bond donors (Lipinski definition) is 0. The standard InChI is InChI=1S/C11H14INO2/c1-13(2)11(15-3)10(14)8-4-6-9(12)7-5-8/h4-7,11H,1-3H3. The first-order valence-corrected chi connectivity index (χ1v) is 5.63. The molecule has 15 heavy (non-hydrogen) atoms. The van der Waals surface area contributed by atoms with Gasteiger partial charge in [-0.3, -0.25) is 9.69 Å². The van der Waals surface area contributed by atoms with Gasteiger partial charge in [0.1, 0.15) is 0 Å². The summed E-state index contributed by atoms with van der Waals surface area (Å²) >= 11 is 2.21. The molecule has 0 heterocycles. The lowest BCUT2D eigenvalue weighted by molar-refractivity contribution is 0.00610. The Morgan fingerprint density at radius 2 is 1.87 bits per heavy atom. The molecule has 0 fully saturated rings. The Hall–Kier alpha value is -0.460. The Kier molecular flexibility index (Phi) is 4.69. The first-order valence-electron chi connectivity index (χ1n) is 4.55. The molecule has 0 saturated heterocycles. The molecule has 1 aromatic carbocycles. The quantitative estimate of drug-likeness (QED) is 0.483. The Labute approximate surface area is 104 Å². The zero-order valence-electron chi connectivity index (χ0n) is 9.03. The van der Waals surface area contributed by atoms with Crippen molar-refractivity contribution in [2.24, 2.45) is 0 Å². The van der Waals surface area contributed by atoms with Crippen LogP contribution < -0.4 is 0 Å². The van der Waals surface area contributed by atoms with Crippen LogP contribution in [0.1, 0.15) is 10.4 Å². The number of rotatable bonds is 4. The number of ketones is 1. The highest BCUT2D eigenvalue weighted by Gasteiger charge is 2.21. The van der Waals surface area contributed by atoms with Gasteiger partial charge in [-0.25, -0.2) is 0 Å². The van der Waals surface area contributed by atoms with E-state index in [1.807, 2.05) is 38.4 Å². The molecule has 0 N–H and O–H groups in total. The van der Waals surface area contributed by atoms with E-state index in [4.69, 9.17) is 4.74 Å². The van der Waals surface area contributed by atoms with Crippen molar-refractivity contribution in [3.63, 3.8) is 0 Å².